The Morgan fingerprint density at radius 3 is 2.43 bits per heavy atom. The van der Waals surface area contributed by atoms with Gasteiger partial charge in [-0.3, -0.25) is 0 Å². The highest BCUT2D eigenvalue weighted by Crippen LogP contribution is 2.21. The molecule has 118 valence electrons. The van der Waals surface area contributed by atoms with Crippen LogP contribution >= 0.6 is 0 Å². The van der Waals surface area contributed by atoms with Gasteiger partial charge in [0.15, 0.2) is 0 Å². The van der Waals surface area contributed by atoms with Crippen LogP contribution in [0.2, 0.25) is 0 Å². The highest BCUT2D eigenvalue weighted by atomic mass is 15.1. The van der Waals surface area contributed by atoms with Gasteiger partial charge >= 0.3 is 0 Å². The van der Waals surface area contributed by atoms with E-state index >= 15 is 0 Å². The van der Waals surface area contributed by atoms with Crippen molar-refractivity contribution in [3.05, 3.63) is 35.9 Å². The molecule has 0 unspecified atom stereocenters. The minimum absolute atomic E-state index is 0.283. The third kappa shape index (κ3) is 5.80. The molecule has 0 atom stereocenters. The zero-order valence-corrected chi connectivity index (χ0v) is 14.1. The number of benzene rings is 1. The summed E-state index contributed by atoms with van der Waals surface area (Å²) in [6, 6.07) is 11.0. The Hall–Kier alpha value is -0.860. The van der Waals surface area contributed by atoms with Crippen LogP contribution in [0.25, 0.3) is 0 Å². The molecule has 1 saturated heterocycles. The largest absolute Gasteiger partial charge is 0.311 e. The SMILES string of the molecule is CCC(C)(C)NCCN1CCC(Cc2ccccc2)CC1. The lowest BCUT2D eigenvalue weighted by atomic mass is 9.90. The average molecular weight is 288 g/mol. The molecule has 0 bridgehead atoms. The standard InChI is InChI=1S/C19H32N2/c1-4-19(2,3)20-12-15-21-13-10-18(11-14-21)16-17-8-6-5-7-9-17/h5-9,18,20H,4,10-16H2,1-3H3. The summed E-state index contributed by atoms with van der Waals surface area (Å²) in [5.74, 6) is 0.878. The summed E-state index contributed by atoms with van der Waals surface area (Å²) in [7, 11) is 0. The van der Waals surface area contributed by atoms with E-state index in [1.54, 1.807) is 0 Å². The van der Waals surface area contributed by atoms with Gasteiger partial charge in [-0.1, -0.05) is 37.3 Å². The Morgan fingerprint density at radius 2 is 1.81 bits per heavy atom. The zero-order chi connectivity index (χ0) is 15.1. The van der Waals surface area contributed by atoms with Crippen molar-refractivity contribution in [3.63, 3.8) is 0 Å². The molecule has 2 heteroatoms. The summed E-state index contributed by atoms with van der Waals surface area (Å²) >= 11 is 0. The Morgan fingerprint density at radius 1 is 1.14 bits per heavy atom. The molecule has 0 saturated carbocycles. The maximum absolute atomic E-state index is 3.67. The van der Waals surface area contributed by atoms with Gasteiger partial charge in [-0.25, -0.2) is 0 Å². The molecule has 0 aromatic heterocycles. The molecule has 21 heavy (non-hydrogen) atoms. The number of piperidine rings is 1. The predicted molar refractivity (Wildman–Crippen MR) is 91.7 cm³/mol. The van der Waals surface area contributed by atoms with Crippen LogP contribution in [0, 0.1) is 5.92 Å². The number of likely N-dealkylation sites (tertiary alicyclic amines) is 1. The fourth-order valence-electron chi connectivity index (χ4n) is 3.04. The van der Waals surface area contributed by atoms with Crippen LogP contribution in [-0.2, 0) is 6.42 Å². The van der Waals surface area contributed by atoms with E-state index in [9.17, 15) is 0 Å². The van der Waals surface area contributed by atoms with E-state index in [0.717, 1.165) is 12.5 Å². The molecule has 0 spiro atoms. The number of nitrogens with zero attached hydrogens (tertiary/aromatic N) is 1. The molecular formula is C19H32N2. The minimum atomic E-state index is 0.283. The number of hydrogen-bond acceptors (Lipinski definition) is 2. The highest BCUT2D eigenvalue weighted by Gasteiger charge is 2.20. The van der Waals surface area contributed by atoms with Crippen molar-refractivity contribution in [1.29, 1.82) is 0 Å². The van der Waals surface area contributed by atoms with Crippen LogP contribution in [-0.4, -0.2) is 36.6 Å². The molecule has 2 rings (SSSR count). The van der Waals surface area contributed by atoms with Crippen LogP contribution < -0.4 is 5.32 Å². The van der Waals surface area contributed by atoms with Crippen molar-refractivity contribution in [2.45, 2.75) is 52.0 Å². The first-order valence-corrected chi connectivity index (χ1v) is 8.60. The van der Waals surface area contributed by atoms with Crippen molar-refractivity contribution < 1.29 is 0 Å². The van der Waals surface area contributed by atoms with Gasteiger partial charge in [0.05, 0.1) is 0 Å². The summed E-state index contributed by atoms with van der Waals surface area (Å²) in [6.07, 6.45) is 5.15. The monoisotopic (exact) mass is 288 g/mol. The molecule has 1 aliphatic heterocycles. The molecule has 1 aliphatic rings. The fraction of sp³-hybridized carbons (Fsp3) is 0.684. The molecule has 1 aromatic rings. The third-order valence-corrected chi connectivity index (χ3v) is 4.99. The Bertz CT molecular complexity index is 391. The molecule has 2 nitrogen and oxygen atoms in total. The Balaban J connectivity index is 1.64. The molecule has 0 amide bonds. The lowest BCUT2D eigenvalue weighted by molar-refractivity contribution is 0.179. The first-order chi connectivity index (χ1) is 10.1. The van der Waals surface area contributed by atoms with E-state index in [1.807, 2.05) is 0 Å². The smallest absolute Gasteiger partial charge is 0.0123 e. The normalized spacial score (nSPS) is 18.0. The summed E-state index contributed by atoms with van der Waals surface area (Å²) in [4.78, 5) is 2.63. The van der Waals surface area contributed by atoms with Gasteiger partial charge < -0.3 is 10.2 Å². The lowest BCUT2D eigenvalue weighted by Crippen LogP contribution is -2.44. The maximum atomic E-state index is 3.67. The van der Waals surface area contributed by atoms with Gasteiger partial charge in [0.1, 0.15) is 0 Å². The Labute approximate surface area is 130 Å². The summed E-state index contributed by atoms with van der Waals surface area (Å²) in [6.45, 7) is 11.7. The minimum Gasteiger partial charge on any atom is -0.311 e. The molecule has 0 aliphatic carbocycles. The van der Waals surface area contributed by atoms with Crippen molar-refractivity contribution in [2.24, 2.45) is 5.92 Å². The first kappa shape index (κ1) is 16.5. The van der Waals surface area contributed by atoms with Crippen LogP contribution in [0.5, 0.6) is 0 Å². The van der Waals surface area contributed by atoms with E-state index in [2.05, 4.69) is 61.3 Å². The fourth-order valence-corrected chi connectivity index (χ4v) is 3.04. The number of hydrogen-bond donors (Lipinski definition) is 1. The van der Waals surface area contributed by atoms with Crippen molar-refractivity contribution in [3.8, 4) is 0 Å². The second-order valence-electron chi connectivity index (χ2n) is 7.14. The maximum Gasteiger partial charge on any atom is 0.0123 e. The van der Waals surface area contributed by atoms with Crippen LogP contribution in [0.15, 0.2) is 30.3 Å². The van der Waals surface area contributed by atoms with Crippen molar-refractivity contribution >= 4 is 0 Å². The molecule has 0 radical (unpaired) electrons. The predicted octanol–water partition coefficient (Wildman–Crippen LogP) is 3.72. The first-order valence-electron chi connectivity index (χ1n) is 8.60. The van der Waals surface area contributed by atoms with Crippen LogP contribution in [0.3, 0.4) is 0 Å². The zero-order valence-electron chi connectivity index (χ0n) is 14.1. The van der Waals surface area contributed by atoms with Crippen LogP contribution in [0.4, 0.5) is 0 Å². The lowest BCUT2D eigenvalue weighted by Gasteiger charge is -2.33. The quantitative estimate of drug-likeness (QED) is 0.822. The second-order valence-corrected chi connectivity index (χ2v) is 7.14. The Kier molecular flexibility index (Phi) is 6.25. The summed E-state index contributed by atoms with van der Waals surface area (Å²) in [5, 5.41) is 3.67. The topological polar surface area (TPSA) is 15.3 Å². The molecular weight excluding hydrogens is 256 g/mol. The van der Waals surface area contributed by atoms with Crippen LogP contribution in [0.1, 0.15) is 45.6 Å². The number of nitrogens with one attached hydrogen (secondary N) is 1. The van der Waals surface area contributed by atoms with Crippen molar-refractivity contribution in [1.82, 2.24) is 10.2 Å². The van der Waals surface area contributed by atoms with Gasteiger partial charge in [0, 0.05) is 18.6 Å². The van der Waals surface area contributed by atoms with E-state index in [0.29, 0.717) is 0 Å². The van der Waals surface area contributed by atoms with Gasteiger partial charge in [-0.2, -0.15) is 0 Å². The molecule has 1 heterocycles. The molecule has 1 aromatic carbocycles. The van der Waals surface area contributed by atoms with E-state index in [-0.39, 0.29) is 5.54 Å². The summed E-state index contributed by atoms with van der Waals surface area (Å²) < 4.78 is 0. The third-order valence-electron chi connectivity index (χ3n) is 4.99. The molecule has 1 fully saturated rings. The summed E-state index contributed by atoms with van der Waals surface area (Å²) in [5.41, 5.74) is 1.79. The van der Waals surface area contributed by atoms with Gasteiger partial charge in [-0.05, 0) is 64.1 Å². The molecule has 1 N–H and O–H groups in total. The van der Waals surface area contributed by atoms with Gasteiger partial charge in [0.2, 0.25) is 0 Å². The van der Waals surface area contributed by atoms with E-state index in [1.165, 1.54) is 50.9 Å². The average Bonchev–Trinajstić information content (AvgIpc) is 2.50. The van der Waals surface area contributed by atoms with Gasteiger partial charge in [0.25, 0.3) is 0 Å². The van der Waals surface area contributed by atoms with E-state index in [4.69, 9.17) is 0 Å². The van der Waals surface area contributed by atoms with Crippen molar-refractivity contribution in [2.75, 3.05) is 26.2 Å². The van der Waals surface area contributed by atoms with E-state index < -0.39 is 0 Å². The number of rotatable bonds is 7. The second kappa shape index (κ2) is 7.95. The van der Waals surface area contributed by atoms with Gasteiger partial charge in [-0.15, -0.1) is 0 Å². The highest BCUT2D eigenvalue weighted by molar-refractivity contribution is 5.15.